The zero-order valence-corrected chi connectivity index (χ0v) is 15.5. The molecule has 1 N–H and O–H groups in total. The minimum Gasteiger partial charge on any atom is -0.495 e. The van der Waals surface area contributed by atoms with E-state index in [1.54, 1.807) is 7.11 Å². The standard InChI is InChI=1S/C21H24N2O4/c1-25-18-7-2-5-15-6-3-10-23(21(15)18)14-20(24)22-16-8-9-17-19(13-16)27-12-4-11-26-17/h2,5,7-9,13H,3-4,6,10-12,14H2,1H3,(H,22,24). The van der Waals surface area contributed by atoms with E-state index in [2.05, 4.69) is 16.3 Å². The van der Waals surface area contributed by atoms with Crippen molar-refractivity contribution in [3.8, 4) is 17.2 Å². The molecule has 0 unspecified atom stereocenters. The molecule has 0 saturated heterocycles. The number of fused-ring (bicyclic) bond motifs is 2. The van der Waals surface area contributed by atoms with Gasteiger partial charge in [-0.05, 0) is 36.6 Å². The van der Waals surface area contributed by atoms with Crippen LogP contribution in [0.15, 0.2) is 36.4 Å². The SMILES string of the molecule is COc1cccc2c1N(CC(=O)Nc1ccc3c(c1)OCCCO3)CCC2. The average Bonchev–Trinajstić information content (AvgIpc) is 2.92. The first-order valence-electron chi connectivity index (χ1n) is 9.35. The number of rotatable bonds is 4. The van der Waals surface area contributed by atoms with E-state index in [1.165, 1.54) is 5.56 Å². The molecule has 0 bridgehead atoms. The number of ether oxygens (including phenoxy) is 3. The van der Waals surface area contributed by atoms with Crippen molar-refractivity contribution in [2.45, 2.75) is 19.3 Å². The molecule has 6 nitrogen and oxygen atoms in total. The molecular formula is C21H24N2O4. The summed E-state index contributed by atoms with van der Waals surface area (Å²) in [7, 11) is 1.67. The molecule has 142 valence electrons. The van der Waals surface area contributed by atoms with Crippen molar-refractivity contribution in [1.82, 2.24) is 0 Å². The topological polar surface area (TPSA) is 60.0 Å². The zero-order valence-electron chi connectivity index (χ0n) is 15.5. The van der Waals surface area contributed by atoms with Gasteiger partial charge in [0.2, 0.25) is 5.91 Å². The number of nitrogens with one attached hydrogen (secondary N) is 1. The number of carbonyl (C=O) groups is 1. The highest BCUT2D eigenvalue weighted by Crippen LogP contribution is 2.36. The molecular weight excluding hydrogens is 344 g/mol. The highest BCUT2D eigenvalue weighted by molar-refractivity contribution is 5.95. The predicted octanol–water partition coefficient (Wildman–Crippen LogP) is 3.25. The van der Waals surface area contributed by atoms with Crippen LogP contribution in [0.4, 0.5) is 11.4 Å². The Hall–Kier alpha value is -2.89. The first kappa shape index (κ1) is 17.5. The summed E-state index contributed by atoms with van der Waals surface area (Å²) in [6, 6.07) is 11.6. The average molecular weight is 368 g/mol. The molecule has 0 atom stereocenters. The minimum absolute atomic E-state index is 0.0664. The molecule has 0 aromatic heterocycles. The van der Waals surface area contributed by atoms with Crippen molar-refractivity contribution in [3.05, 3.63) is 42.0 Å². The van der Waals surface area contributed by atoms with E-state index < -0.39 is 0 Å². The second-order valence-corrected chi connectivity index (χ2v) is 6.75. The smallest absolute Gasteiger partial charge is 0.243 e. The lowest BCUT2D eigenvalue weighted by atomic mass is 10.0. The molecule has 0 saturated carbocycles. The van der Waals surface area contributed by atoms with Crippen LogP contribution in [0.1, 0.15) is 18.4 Å². The molecule has 6 heteroatoms. The van der Waals surface area contributed by atoms with E-state index in [-0.39, 0.29) is 12.5 Å². The Bertz CT molecular complexity index is 823. The van der Waals surface area contributed by atoms with E-state index in [9.17, 15) is 4.79 Å². The lowest BCUT2D eigenvalue weighted by molar-refractivity contribution is -0.115. The third kappa shape index (κ3) is 3.79. The van der Waals surface area contributed by atoms with Crippen molar-refractivity contribution < 1.29 is 19.0 Å². The Morgan fingerprint density at radius 1 is 1.15 bits per heavy atom. The number of carbonyl (C=O) groups excluding carboxylic acids is 1. The zero-order chi connectivity index (χ0) is 18.6. The van der Waals surface area contributed by atoms with Crippen molar-refractivity contribution in [2.75, 3.05) is 43.6 Å². The fourth-order valence-corrected chi connectivity index (χ4v) is 3.64. The summed E-state index contributed by atoms with van der Waals surface area (Å²) >= 11 is 0. The fourth-order valence-electron chi connectivity index (χ4n) is 3.64. The third-order valence-corrected chi connectivity index (χ3v) is 4.86. The van der Waals surface area contributed by atoms with Gasteiger partial charge in [-0.25, -0.2) is 0 Å². The lowest BCUT2D eigenvalue weighted by Gasteiger charge is -2.32. The van der Waals surface area contributed by atoms with Crippen LogP contribution in [0.3, 0.4) is 0 Å². The van der Waals surface area contributed by atoms with Gasteiger partial charge in [0.15, 0.2) is 11.5 Å². The molecule has 2 aliphatic heterocycles. The second kappa shape index (κ2) is 7.78. The number of hydrogen-bond acceptors (Lipinski definition) is 5. The van der Waals surface area contributed by atoms with E-state index in [0.29, 0.717) is 24.7 Å². The first-order valence-corrected chi connectivity index (χ1v) is 9.35. The summed E-state index contributed by atoms with van der Waals surface area (Å²) in [6.45, 7) is 2.38. The molecule has 1 amide bonds. The van der Waals surface area contributed by atoms with Crippen LogP contribution in [0, 0.1) is 0 Å². The minimum atomic E-state index is -0.0664. The van der Waals surface area contributed by atoms with Gasteiger partial charge in [0.25, 0.3) is 0 Å². The largest absolute Gasteiger partial charge is 0.495 e. The van der Waals surface area contributed by atoms with Crippen molar-refractivity contribution in [3.63, 3.8) is 0 Å². The molecule has 0 radical (unpaired) electrons. The molecule has 27 heavy (non-hydrogen) atoms. The molecule has 2 aromatic rings. The van der Waals surface area contributed by atoms with Crippen molar-refractivity contribution in [2.24, 2.45) is 0 Å². The van der Waals surface area contributed by atoms with Crippen molar-refractivity contribution in [1.29, 1.82) is 0 Å². The maximum Gasteiger partial charge on any atom is 0.243 e. The molecule has 2 aromatic carbocycles. The van der Waals surface area contributed by atoms with Gasteiger partial charge in [-0.3, -0.25) is 4.79 Å². The number of amides is 1. The number of methoxy groups -OCH3 is 1. The Morgan fingerprint density at radius 2 is 2.00 bits per heavy atom. The lowest BCUT2D eigenvalue weighted by Crippen LogP contribution is -2.37. The van der Waals surface area contributed by atoms with Crippen LogP contribution in [-0.2, 0) is 11.2 Å². The highest BCUT2D eigenvalue weighted by Gasteiger charge is 2.23. The number of hydrogen-bond donors (Lipinski definition) is 1. The van der Waals surface area contributed by atoms with Gasteiger partial charge in [0.05, 0.1) is 32.6 Å². The first-order chi connectivity index (χ1) is 13.2. The summed E-state index contributed by atoms with van der Waals surface area (Å²) in [5, 5.41) is 2.97. The van der Waals surface area contributed by atoms with Crippen LogP contribution >= 0.6 is 0 Å². The molecule has 2 heterocycles. The van der Waals surface area contributed by atoms with E-state index in [1.807, 2.05) is 30.3 Å². The van der Waals surface area contributed by atoms with Gasteiger partial charge < -0.3 is 24.4 Å². The second-order valence-electron chi connectivity index (χ2n) is 6.75. The maximum atomic E-state index is 12.7. The molecule has 0 aliphatic carbocycles. The predicted molar refractivity (Wildman–Crippen MR) is 104 cm³/mol. The summed E-state index contributed by atoms with van der Waals surface area (Å²) in [6.07, 6.45) is 2.89. The molecule has 2 aliphatic rings. The monoisotopic (exact) mass is 368 g/mol. The van der Waals surface area contributed by atoms with Crippen LogP contribution in [-0.4, -0.2) is 39.3 Å². The van der Waals surface area contributed by atoms with Gasteiger partial charge in [0.1, 0.15) is 5.75 Å². The quantitative estimate of drug-likeness (QED) is 0.898. The molecule has 0 fully saturated rings. The van der Waals surface area contributed by atoms with Crippen LogP contribution in [0.25, 0.3) is 0 Å². The third-order valence-electron chi connectivity index (χ3n) is 4.86. The number of aryl methyl sites for hydroxylation is 1. The van der Waals surface area contributed by atoms with Gasteiger partial charge in [-0.15, -0.1) is 0 Å². The Kier molecular flexibility index (Phi) is 5.05. The maximum absolute atomic E-state index is 12.7. The normalized spacial score (nSPS) is 15.5. The Morgan fingerprint density at radius 3 is 2.85 bits per heavy atom. The summed E-state index contributed by atoms with van der Waals surface area (Å²) in [4.78, 5) is 14.8. The Labute approximate surface area is 159 Å². The Balaban J connectivity index is 1.47. The molecule has 0 spiro atoms. The number of benzene rings is 2. The van der Waals surface area contributed by atoms with Gasteiger partial charge in [-0.2, -0.15) is 0 Å². The summed E-state index contributed by atoms with van der Waals surface area (Å²) in [5.74, 6) is 2.15. The van der Waals surface area contributed by atoms with E-state index >= 15 is 0 Å². The molecule has 4 rings (SSSR count). The fraction of sp³-hybridized carbons (Fsp3) is 0.381. The van der Waals surface area contributed by atoms with Crippen molar-refractivity contribution >= 4 is 17.3 Å². The van der Waals surface area contributed by atoms with Gasteiger partial charge in [0, 0.05) is 24.7 Å². The van der Waals surface area contributed by atoms with E-state index in [4.69, 9.17) is 14.2 Å². The number of para-hydroxylation sites is 1. The number of anilines is 2. The van der Waals surface area contributed by atoms with Gasteiger partial charge in [-0.1, -0.05) is 12.1 Å². The van der Waals surface area contributed by atoms with Gasteiger partial charge >= 0.3 is 0 Å². The van der Waals surface area contributed by atoms with Crippen LogP contribution in [0.2, 0.25) is 0 Å². The van der Waals surface area contributed by atoms with Crippen LogP contribution < -0.4 is 24.4 Å². The number of nitrogens with zero attached hydrogens (tertiary/aromatic N) is 1. The highest BCUT2D eigenvalue weighted by atomic mass is 16.5. The van der Waals surface area contributed by atoms with Crippen LogP contribution in [0.5, 0.6) is 17.2 Å². The summed E-state index contributed by atoms with van der Waals surface area (Å²) < 4.78 is 16.8. The summed E-state index contributed by atoms with van der Waals surface area (Å²) in [5.41, 5.74) is 2.96. The van der Waals surface area contributed by atoms with E-state index in [0.717, 1.165) is 43.0 Å².